The molecule has 1 heterocycles. The molecule has 0 fully saturated rings. The number of methoxy groups -OCH3 is 1. The van der Waals surface area contributed by atoms with E-state index in [4.69, 9.17) is 4.74 Å². The van der Waals surface area contributed by atoms with Crippen LogP contribution in [0.1, 0.15) is 60.5 Å². The van der Waals surface area contributed by atoms with Crippen molar-refractivity contribution in [3.63, 3.8) is 0 Å². The van der Waals surface area contributed by atoms with Gasteiger partial charge >= 0.3 is 0 Å². The summed E-state index contributed by atoms with van der Waals surface area (Å²) < 4.78 is 5.70. The number of carbonyl (C=O) groups is 1. The van der Waals surface area contributed by atoms with Gasteiger partial charge in [-0.1, -0.05) is 68.4 Å². The van der Waals surface area contributed by atoms with E-state index in [1.807, 2.05) is 24.3 Å². The molecule has 0 bridgehead atoms. The van der Waals surface area contributed by atoms with E-state index in [1.54, 1.807) is 18.9 Å². The number of benzene rings is 3. The van der Waals surface area contributed by atoms with Gasteiger partial charge in [-0.25, -0.2) is 0 Å². The lowest BCUT2D eigenvalue weighted by atomic mass is 9.79. The second kappa shape index (κ2) is 9.11. The standard InChI is InChI=1S/C29H29NO2S/c1-18(2)19-12-14-20(15-13-19)21-16-24-28(25(31)17-21)29(22-8-4-6-10-26(22)32-3)33-27-11-7-5-9-23(27)30-24/h4-15,18,21,29-30H,16-17H2,1-3H3. The molecule has 1 aliphatic heterocycles. The number of allylic oxidation sites excluding steroid dienone is 1. The second-order valence-electron chi connectivity index (χ2n) is 9.10. The first kappa shape index (κ1) is 21.8. The number of ketones is 1. The van der Waals surface area contributed by atoms with Crippen molar-refractivity contribution in [2.24, 2.45) is 0 Å². The van der Waals surface area contributed by atoms with Crippen molar-refractivity contribution in [2.45, 2.75) is 48.7 Å². The molecule has 2 atom stereocenters. The Hall–Kier alpha value is -2.98. The SMILES string of the molecule is COc1ccccc1C1Sc2ccccc2NC2=C1C(=O)CC(c1ccc(C(C)C)cc1)C2. The number of para-hydroxylation sites is 2. The summed E-state index contributed by atoms with van der Waals surface area (Å²) >= 11 is 1.73. The lowest BCUT2D eigenvalue weighted by Gasteiger charge is -2.30. The van der Waals surface area contributed by atoms with E-state index in [0.717, 1.165) is 39.6 Å². The zero-order chi connectivity index (χ0) is 22.9. The normalized spacial score (nSPS) is 20.1. The first-order chi connectivity index (χ1) is 16.0. The quantitative estimate of drug-likeness (QED) is 0.443. The summed E-state index contributed by atoms with van der Waals surface area (Å²) in [4.78, 5) is 14.9. The Kier molecular flexibility index (Phi) is 6.03. The molecule has 0 aromatic heterocycles. The predicted molar refractivity (Wildman–Crippen MR) is 136 cm³/mol. The first-order valence-electron chi connectivity index (χ1n) is 11.6. The van der Waals surface area contributed by atoms with Crippen LogP contribution in [0.25, 0.3) is 0 Å². The van der Waals surface area contributed by atoms with Gasteiger partial charge in [0.05, 0.1) is 18.0 Å². The van der Waals surface area contributed by atoms with Gasteiger partial charge in [0, 0.05) is 28.1 Å². The molecule has 4 heteroatoms. The minimum atomic E-state index is -0.107. The van der Waals surface area contributed by atoms with Crippen LogP contribution < -0.4 is 10.1 Å². The Labute approximate surface area is 200 Å². The van der Waals surface area contributed by atoms with Crippen molar-refractivity contribution in [2.75, 3.05) is 12.4 Å². The number of carbonyl (C=O) groups excluding carboxylic acids is 1. The van der Waals surface area contributed by atoms with Crippen molar-refractivity contribution in [1.29, 1.82) is 0 Å². The minimum absolute atomic E-state index is 0.107. The number of hydrogen-bond donors (Lipinski definition) is 1. The van der Waals surface area contributed by atoms with Gasteiger partial charge in [-0.15, -0.1) is 11.8 Å². The maximum atomic E-state index is 13.7. The van der Waals surface area contributed by atoms with Crippen LogP contribution in [0.3, 0.4) is 0 Å². The Balaban J connectivity index is 1.58. The molecule has 0 radical (unpaired) electrons. The third-order valence-electron chi connectivity index (χ3n) is 6.68. The van der Waals surface area contributed by atoms with Crippen molar-refractivity contribution < 1.29 is 9.53 Å². The van der Waals surface area contributed by atoms with Crippen LogP contribution in [0.15, 0.2) is 89.0 Å². The summed E-state index contributed by atoms with van der Waals surface area (Å²) in [5.41, 5.74) is 6.60. The molecule has 33 heavy (non-hydrogen) atoms. The number of ether oxygens (including phenoxy) is 1. The lowest BCUT2D eigenvalue weighted by Crippen LogP contribution is -2.24. The molecule has 0 spiro atoms. The Morgan fingerprint density at radius 1 is 0.939 bits per heavy atom. The minimum Gasteiger partial charge on any atom is -0.496 e. The van der Waals surface area contributed by atoms with Gasteiger partial charge in [0.1, 0.15) is 5.75 Å². The summed E-state index contributed by atoms with van der Waals surface area (Å²) in [6.07, 6.45) is 1.35. The Morgan fingerprint density at radius 2 is 1.67 bits per heavy atom. The van der Waals surface area contributed by atoms with Crippen LogP contribution in [0.5, 0.6) is 5.75 Å². The van der Waals surface area contributed by atoms with Crippen LogP contribution >= 0.6 is 11.8 Å². The molecule has 1 N–H and O–H groups in total. The van der Waals surface area contributed by atoms with E-state index in [0.29, 0.717) is 12.3 Å². The van der Waals surface area contributed by atoms with Gasteiger partial charge in [-0.3, -0.25) is 4.79 Å². The molecule has 2 aliphatic rings. The Morgan fingerprint density at radius 3 is 2.42 bits per heavy atom. The van der Waals surface area contributed by atoms with Crippen molar-refractivity contribution >= 4 is 23.2 Å². The van der Waals surface area contributed by atoms with Crippen molar-refractivity contribution in [3.8, 4) is 5.75 Å². The van der Waals surface area contributed by atoms with E-state index >= 15 is 0 Å². The van der Waals surface area contributed by atoms with E-state index in [-0.39, 0.29) is 17.0 Å². The molecule has 0 saturated heterocycles. The van der Waals surface area contributed by atoms with E-state index < -0.39 is 0 Å². The van der Waals surface area contributed by atoms with Gasteiger partial charge in [0.15, 0.2) is 5.78 Å². The van der Waals surface area contributed by atoms with Gasteiger partial charge in [-0.05, 0) is 47.6 Å². The number of anilines is 1. The molecule has 5 rings (SSSR count). The van der Waals surface area contributed by atoms with Gasteiger partial charge < -0.3 is 10.1 Å². The number of fused-ring (bicyclic) bond motifs is 1. The van der Waals surface area contributed by atoms with Gasteiger partial charge in [-0.2, -0.15) is 0 Å². The highest BCUT2D eigenvalue weighted by molar-refractivity contribution is 8.00. The van der Waals surface area contributed by atoms with Crippen molar-refractivity contribution in [1.82, 2.24) is 0 Å². The number of Topliss-reactive ketones (excluding diaryl/α,β-unsaturated/α-hetero) is 1. The number of nitrogens with one attached hydrogen (secondary N) is 1. The molecule has 1 aliphatic carbocycles. The number of rotatable bonds is 4. The van der Waals surface area contributed by atoms with Gasteiger partial charge in [0.2, 0.25) is 0 Å². The van der Waals surface area contributed by atoms with Crippen LogP contribution in [0.4, 0.5) is 5.69 Å². The first-order valence-corrected chi connectivity index (χ1v) is 12.4. The Bertz CT molecular complexity index is 1210. The molecule has 3 aromatic carbocycles. The largest absolute Gasteiger partial charge is 0.496 e. The molecular weight excluding hydrogens is 426 g/mol. The molecule has 0 amide bonds. The summed E-state index contributed by atoms with van der Waals surface area (Å²) in [5.74, 6) is 1.72. The highest BCUT2D eigenvalue weighted by Gasteiger charge is 2.37. The number of thioether (sulfide) groups is 1. The highest BCUT2D eigenvalue weighted by atomic mass is 32.2. The van der Waals surface area contributed by atoms with Crippen LogP contribution in [-0.4, -0.2) is 12.9 Å². The smallest absolute Gasteiger partial charge is 0.162 e. The molecular formula is C29H29NO2S. The summed E-state index contributed by atoms with van der Waals surface area (Å²) in [6, 6.07) is 25.2. The zero-order valence-electron chi connectivity index (χ0n) is 19.3. The molecule has 0 saturated carbocycles. The highest BCUT2D eigenvalue weighted by Crippen LogP contribution is 2.52. The molecule has 3 nitrogen and oxygen atoms in total. The van der Waals surface area contributed by atoms with Gasteiger partial charge in [0.25, 0.3) is 0 Å². The molecule has 168 valence electrons. The fraction of sp³-hybridized carbons (Fsp3) is 0.276. The van der Waals surface area contributed by atoms with E-state index in [2.05, 4.69) is 67.7 Å². The summed E-state index contributed by atoms with van der Waals surface area (Å²) in [5, 5.41) is 3.55. The van der Waals surface area contributed by atoms with Crippen molar-refractivity contribution in [3.05, 3.63) is 101 Å². The van der Waals surface area contributed by atoms with Crippen LogP contribution in [0.2, 0.25) is 0 Å². The summed E-state index contributed by atoms with van der Waals surface area (Å²) in [6.45, 7) is 4.41. The fourth-order valence-corrected chi connectivity index (χ4v) is 6.24. The second-order valence-corrected chi connectivity index (χ2v) is 10.2. The third kappa shape index (κ3) is 4.20. The predicted octanol–water partition coefficient (Wildman–Crippen LogP) is 7.48. The maximum Gasteiger partial charge on any atom is 0.162 e. The average Bonchev–Trinajstić information content (AvgIpc) is 3.01. The zero-order valence-corrected chi connectivity index (χ0v) is 20.1. The lowest BCUT2D eigenvalue weighted by molar-refractivity contribution is -0.116. The maximum absolute atomic E-state index is 13.7. The average molecular weight is 456 g/mol. The van der Waals surface area contributed by atoms with E-state index in [9.17, 15) is 4.79 Å². The molecule has 3 aromatic rings. The van der Waals surface area contributed by atoms with Crippen LogP contribution in [0, 0.1) is 0 Å². The van der Waals surface area contributed by atoms with E-state index in [1.165, 1.54) is 11.1 Å². The molecule has 2 unspecified atom stereocenters. The number of hydrogen-bond acceptors (Lipinski definition) is 4. The fourth-order valence-electron chi connectivity index (χ4n) is 4.87. The monoisotopic (exact) mass is 455 g/mol. The third-order valence-corrected chi connectivity index (χ3v) is 8.02. The topological polar surface area (TPSA) is 38.3 Å². The van der Waals surface area contributed by atoms with Crippen LogP contribution in [-0.2, 0) is 4.79 Å². The summed E-state index contributed by atoms with van der Waals surface area (Å²) in [7, 11) is 1.70.